The fourth-order valence-electron chi connectivity index (χ4n) is 4.77. The molecule has 0 aromatic heterocycles. The number of rotatable bonds is 12. The van der Waals surface area contributed by atoms with Crippen LogP contribution >= 0.6 is 0 Å². The Balaban J connectivity index is 1.18. The lowest BCUT2D eigenvalue weighted by Crippen LogP contribution is -2.46. The van der Waals surface area contributed by atoms with Gasteiger partial charge in [-0.3, -0.25) is 4.79 Å². The van der Waals surface area contributed by atoms with Crippen molar-refractivity contribution >= 4 is 26.0 Å². The lowest BCUT2D eigenvalue weighted by Gasteiger charge is -2.31. The summed E-state index contributed by atoms with van der Waals surface area (Å²) in [6, 6.07) is 16.0. The Labute approximate surface area is 231 Å². The van der Waals surface area contributed by atoms with E-state index in [9.17, 15) is 21.6 Å². The van der Waals surface area contributed by atoms with Gasteiger partial charge < -0.3 is 14.8 Å². The molecule has 214 valence electrons. The third kappa shape index (κ3) is 8.24. The number of benzene rings is 2. The molecule has 0 spiro atoms. The summed E-state index contributed by atoms with van der Waals surface area (Å²) in [7, 11) is -6.99. The van der Waals surface area contributed by atoms with Crippen molar-refractivity contribution in [1.82, 2.24) is 13.9 Å². The van der Waals surface area contributed by atoms with E-state index < -0.39 is 26.0 Å². The molecule has 39 heavy (non-hydrogen) atoms. The normalized spacial score (nSPS) is 19.4. The van der Waals surface area contributed by atoms with E-state index in [1.807, 2.05) is 30.3 Å². The summed E-state index contributed by atoms with van der Waals surface area (Å²) in [6.07, 6.45) is 2.52. The summed E-state index contributed by atoms with van der Waals surface area (Å²) >= 11 is 0. The molecule has 12 heteroatoms. The minimum Gasteiger partial charge on any atom is -0.492 e. The molecule has 0 unspecified atom stereocenters. The van der Waals surface area contributed by atoms with Crippen LogP contribution in [0.4, 0.5) is 0 Å². The number of hydrogen-bond acceptors (Lipinski definition) is 7. The van der Waals surface area contributed by atoms with Gasteiger partial charge in [0.25, 0.3) is 0 Å². The van der Waals surface area contributed by atoms with E-state index in [0.717, 1.165) is 5.56 Å². The molecule has 2 aromatic rings. The lowest BCUT2D eigenvalue weighted by molar-refractivity contribution is -0.126. The fraction of sp³-hybridized carbons (Fsp3) is 0.519. The molecule has 2 heterocycles. The van der Waals surface area contributed by atoms with Gasteiger partial charge in [0.15, 0.2) is 0 Å². The molecule has 2 aromatic carbocycles. The molecule has 2 aliphatic rings. The molecule has 10 nitrogen and oxygen atoms in total. The number of ether oxygens (including phenoxy) is 2. The van der Waals surface area contributed by atoms with Gasteiger partial charge in [-0.15, -0.1) is 0 Å². The van der Waals surface area contributed by atoms with Crippen molar-refractivity contribution in [2.45, 2.75) is 30.6 Å². The highest BCUT2D eigenvalue weighted by Gasteiger charge is 2.32. The number of nitrogens with one attached hydrogen (secondary N) is 1. The van der Waals surface area contributed by atoms with Crippen molar-refractivity contribution in [3.8, 4) is 5.75 Å². The predicted molar refractivity (Wildman–Crippen MR) is 147 cm³/mol. The molecule has 1 atom stereocenters. The highest BCUT2D eigenvalue weighted by Crippen LogP contribution is 2.22. The Kier molecular flexibility index (Phi) is 10.4. The molecular weight excluding hydrogens is 542 g/mol. The van der Waals surface area contributed by atoms with E-state index in [0.29, 0.717) is 64.3 Å². The first-order valence-corrected chi connectivity index (χ1v) is 16.4. The summed E-state index contributed by atoms with van der Waals surface area (Å²) in [6.45, 7) is 2.53. The number of nitrogens with zero attached hydrogens (tertiary/aromatic N) is 2. The van der Waals surface area contributed by atoms with E-state index in [2.05, 4.69) is 5.32 Å². The minimum absolute atomic E-state index is 0.0661. The molecule has 0 radical (unpaired) electrons. The van der Waals surface area contributed by atoms with Crippen LogP contribution in [0.2, 0.25) is 0 Å². The maximum absolute atomic E-state index is 12.9. The van der Waals surface area contributed by atoms with Crippen LogP contribution in [0.1, 0.15) is 24.8 Å². The van der Waals surface area contributed by atoms with E-state index in [1.54, 1.807) is 12.1 Å². The van der Waals surface area contributed by atoms with Gasteiger partial charge in [0.2, 0.25) is 26.0 Å². The van der Waals surface area contributed by atoms with Crippen LogP contribution in [0.25, 0.3) is 0 Å². The smallest absolute Gasteiger partial charge is 0.243 e. The average molecular weight is 580 g/mol. The first kappa shape index (κ1) is 29.5. The Bertz CT molecular complexity index is 1280. The number of aryl methyl sites for hydroxylation is 1. The van der Waals surface area contributed by atoms with Gasteiger partial charge in [0.1, 0.15) is 12.4 Å². The number of morpholine rings is 1. The molecule has 0 saturated carbocycles. The summed E-state index contributed by atoms with van der Waals surface area (Å²) in [5, 5.41) is 2.84. The van der Waals surface area contributed by atoms with Crippen molar-refractivity contribution in [3.63, 3.8) is 0 Å². The van der Waals surface area contributed by atoms with Gasteiger partial charge in [-0.1, -0.05) is 30.3 Å². The Morgan fingerprint density at radius 1 is 0.949 bits per heavy atom. The van der Waals surface area contributed by atoms with Crippen LogP contribution in [0, 0.1) is 5.92 Å². The van der Waals surface area contributed by atoms with E-state index in [-0.39, 0.29) is 36.3 Å². The molecule has 2 aliphatic heterocycles. The summed E-state index contributed by atoms with van der Waals surface area (Å²) in [5.41, 5.74) is 1.11. The van der Waals surface area contributed by atoms with Crippen molar-refractivity contribution in [2.24, 2.45) is 5.92 Å². The summed E-state index contributed by atoms with van der Waals surface area (Å²) < 4.78 is 64.9. The summed E-state index contributed by atoms with van der Waals surface area (Å²) in [5.74, 6) is -0.0194. The largest absolute Gasteiger partial charge is 0.492 e. The molecule has 1 amide bonds. The Hall–Kier alpha value is -2.51. The first-order valence-electron chi connectivity index (χ1n) is 13.4. The van der Waals surface area contributed by atoms with Gasteiger partial charge >= 0.3 is 0 Å². The SMILES string of the molecule is O=C(NCCOc1ccc(S(=O)(=O)N2CCOCC2)cc1)[C@H]1CCCN(S(=O)(=O)CCCc2ccccc2)C1. The van der Waals surface area contributed by atoms with Crippen molar-refractivity contribution < 1.29 is 31.1 Å². The third-order valence-corrected chi connectivity index (χ3v) is 10.8. The topological polar surface area (TPSA) is 122 Å². The lowest BCUT2D eigenvalue weighted by atomic mass is 9.99. The van der Waals surface area contributed by atoms with Gasteiger partial charge in [0.05, 0.1) is 36.3 Å². The highest BCUT2D eigenvalue weighted by atomic mass is 32.2. The molecule has 2 saturated heterocycles. The molecule has 0 aliphatic carbocycles. The first-order chi connectivity index (χ1) is 18.8. The molecular formula is C27H37N3O7S2. The highest BCUT2D eigenvalue weighted by molar-refractivity contribution is 7.89. The number of carbonyl (C=O) groups is 1. The van der Waals surface area contributed by atoms with Crippen LogP contribution in [0.3, 0.4) is 0 Å². The number of amides is 1. The monoisotopic (exact) mass is 579 g/mol. The Morgan fingerprint density at radius 2 is 1.67 bits per heavy atom. The number of sulfonamides is 2. The third-order valence-electron chi connectivity index (χ3n) is 6.96. The average Bonchev–Trinajstić information content (AvgIpc) is 2.96. The van der Waals surface area contributed by atoms with Crippen molar-refractivity contribution in [2.75, 3.05) is 58.3 Å². The quantitative estimate of drug-likeness (QED) is 0.381. The molecule has 1 N–H and O–H groups in total. The zero-order chi connectivity index (χ0) is 27.7. The van der Waals surface area contributed by atoms with Crippen molar-refractivity contribution in [1.29, 1.82) is 0 Å². The predicted octanol–water partition coefficient (Wildman–Crippen LogP) is 1.88. The number of piperidine rings is 1. The standard InChI is InChI=1S/C27H37N3O7S2/c31-27(24-9-4-15-30(22-24)38(32,33)21-5-8-23-6-2-1-3-7-23)28-14-18-37-25-10-12-26(13-11-25)39(34,35)29-16-19-36-20-17-29/h1-3,6-7,10-13,24H,4-5,8-9,14-22H2,(H,28,31)/t24-/m0/s1. The van der Waals surface area contributed by atoms with Gasteiger partial charge in [-0.05, 0) is 55.5 Å². The van der Waals surface area contributed by atoms with Crippen LogP contribution in [0.5, 0.6) is 5.75 Å². The van der Waals surface area contributed by atoms with E-state index >= 15 is 0 Å². The zero-order valence-corrected chi connectivity index (χ0v) is 23.7. The number of hydrogen-bond donors (Lipinski definition) is 1. The van der Waals surface area contributed by atoms with Crippen LogP contribution in [-0.2, 0) is 36.0 Å². The van der Waals surface area contributed by atoms with E-state index in [4.69, 9.17) is 9.47 Å². The van der Waals surface area contributed by atoms with Gasteiger partial charge in [-0.25, -0.2) is 21.1 Å². The maximum atomic E-state index is 12.9. The fourth-order valence-corrected chi connectivity index (χ4v) is 7.76. The zero-order valence-electron chi connectivity index (χ0n) is 22.0. The van der Waals surface area contributed by atoms with Crippen LogP contribution < -0.4 is 10.1 Å². The second-order valence-corrected chi connectivity index (χ2v) is 13.8. The van der Waals surface area contributed by atoms with Crippen LogP contribution in [-0.4, -0.2) is 89.7 Å². The molecule has 4 rings (SSSR count). The molecule has 2 fully saturated rings. The Morgan fingerprint density at radius 3 is 2.38 bits per heavy atom. The maximum Gasteiger partial charge on any atom is 0.243 e. The van der Waals surface area contributed by atoms with Gasteiger partial charge in [-0.2, -0.15) is 4.31 Å². The minimum atomic E-state index is -3.57. The van der Waals surface area contributed by atoms with E-state index in [1.165, 1.54) is 20.7 Å². The number of carbonyl (C=O) groups excluding carboxylic acids is 1. The van der Waals surface area contributed by atoms with Crippen molar-refractivity contribution in [3.05, 3.63) is 60.2 Å². The molecule has 0 bridgehead atoms. The second kappa shape index (κ2) is 13.7. The second-order valence-electron chi connectivity index (χ2n) is 9.73. The van der Waals surface area contributed by atoms with Gasteiger partial charge in [0, 0.05) is 26.2 Å². The summed E-state index contributed by atoms with van der Waals surface area (Å²) in [4.78, 5) is 12.9. The van der Waals surface area contributed by atoms with Crippen LogP contribution in [0.15, 0.2) is 59.5 Å².